The highest BCUT2D eigenvalue weighted by Crippen LogP contribution is 2.31. The number of piperazine rings is 1. The molecule has 30 heavy (non-hydrogen) atoms. The molecule has 2 aromatic heterocycles. The second kappa shape index (κ2) is 9.36. The van der Waals surface area contributed by atoms with Gasteiger partial charge in [0.2, 0.25) is 11.0 Å². The van der Waals surface area contributed by atoms with Crippen LogP contribution in [0.2, 0.25) is 0 Å². The minimum atomic E-state index is -0.0281. The Hall–Kier alpha value is -2.78. The fraction of sp³-hybridized carbons (Fsp3) is 0.333. The maximum Gasteiger partial charge on any atom is 0.223 e. The van der Waals surface area contributed by atoms with Crippen molar-refractivity contribution >= 4 is 39.5 Å². The first-order chi connectivity index (χ1) is 14.6. The highest BCUT2D eigenvalue weighted by Gasteiger charge is 2.24. The molecule has 1 amide bonds. The number of benzene rings is 1. The lowest BCUT2D eigenvalue weighted by molar-refractivity contribution is -0.131. The number of carbonyl (C=O) groups excluding carboxylic acids is 2. The van der Waals surface area contributed by atoms with Gasteiger partial charge in [-0.25, -0.2) is 0 Å². The highest BCUT2D eigenvalue weighted by molar-refractivity contribution is 7.22. The molecule has 0 aliphatic carbocycles. The summed E-state index contributed by atoms with van der Waals surface area (Å²) in [6, 6.07) is 11.0. The second-order valence-corrected chi connectivity index (χ2v) is 8.79. The van der Waals surface area contributed by atoms with E-state index in [1.807, 2.05) is 22.4 Å². The molecule has 1 fully saturated rings. The van der Waals surface area contributed by atoms with Gasteiger partial charge in [0.05, 0.1) is 12.0 Å². The first-order valence-electron chi connectivity index (χ1n) is 9.71. The monoisotopic (exact) mass is 442 g/mol. The van der Waals surface area contributed by atoms with Crippen molar-refractivity contribution in [2.45, 2.75) is 12.8 Å². The van der Waals surface area contributed by atoms with Crippen molar-refractivity contribution < 1.29 is 14.3 Å². The van der Waals surface area contributed by atoms with E-state index in [1.54, 1.807) is 54.0 Å². The molecule has 1 aliphatic rings. The first-order valence-corrected chi connectivity index (χ1v) is 11.4. The Kier molecular flexibility index (Phi) is 6.39. The van der Waals surface area contributed by atoms with Gasteiger partial charge in [0.15, 0.2) is 10.8 Å². The fourth-order valence-electron chi connectivity index (χ4n) is 3.29. The maximum atomic E-state index is 12.5. The number of aromatic nitrogens is 2. The van der Waals surface area contributed by atoms with Crippen molar-refractivity contribution in [3.05, 3.63) is 47.3 Å². The number of amides is 1. The van der Waals surface area contributed by atoms with Gasteiger partial charge in [0, 0.05) is 44.6 Å². The number of Topliss-reactive ketones (excluding diaryl/α,β-unsaturated/α-hetero) is 1. The van der Waals surface area contributed by atoms with Crippen molar-refractivity contribution in [3.8, 4) is 15.6 Å². The van der Waals surface area contributed by atoms with Crippen LogP contribution in [0, 0.1) is 0 Å². The number of anilines is 1. The Morgan fingerprint density at radius 1 is 1.03 bits per heavy atom. The Labute approximate surface area is 182 Å². The standard InChI is InChI=1S/C21H22N4O3S2/c1-28-16-6-4-15(5-7-16)17(26)8-9-19(27)24-10-12-25(13-11-24)21-23-22-20(30-21)18-3-2-14-29-18/h2-7,14H,8-13H2,1H3. The zero-order valence-corrected chi connectivity index (χ0v) is 18.2. The van der Waals surface area contributed by atoms with Crippen LogP contribution in [0.1, 0.15) is 23.2 Å². The van der Waals surface area contributed by atoms with Crippen molar-refractivity contribution in [2.24, 2.45) is 0 Å². The summed E-state index contributed by atoms with van der Waals surface area (Å²) >= 11 is 3.23. The molecule has 3 aromatic rings. The summed E-state index contributed by atoms with van der Waals surface area (Å²) in [5, 5.41) is 12.4. The third-order valence-electron chi connectivity index (χ3n) is 5.03. The van der Waals surface area contributed by atoms with Crippen molar-refractivity contribution in [1.82, 2.24) is 15.1 Å². The van der Waals surface area contributed by atoms with Crippen molar-refractivity contribution in [1.29, 1.82) is 0 Å². The summed E-state index contributed by atoms with van der Waals surface area (Å²) in [5.74, 6) is 0.700. The summed E-state index contributed by atoms with van der Waals surface area (Å²) in [4.78, 5) is 30.0. The highest BCUT2D eigenvalue weighted by atomic mass is 32.1. The van der Waals surface area contributed by atoms with Crippen LogP contribution < -0.4 is 9.64 Å². The molecule has 1 aromatic carbocycles. The van der Waals surface area contributed by atoms with Gasteiger partial charge in [-0.2, -0.15) is 0 Å². The molecule has 0 unspecified atom stereocenters. The van der Waals surface area contributed by atoms with E-state index in [9.17, 15) is 9.59 Å². The Morgan fingerprint density at radius 3 is 2.47 bits per heavy atom. The third-order valence-corrected chi connectivity index (χ3v) is 7.05. The van der Waals surface area contributed by atoms with Crippen LogP contribution in [0.3, 0.4) is 0 Å². The topological polar surface area (TPSA) is 75.6 Å². The third kappa shape index (κ3) is 4.68. The quantitative estimate of drug-likeness (QED) is 0.521. The van der Waals surface area contributed by atoms with E-state index < -0.39 is 0 Å². The molecular weight excluding hydrogens is 420 g/mol. The molecule has 156 valence electrons. The minimum Gasteiger partial charge on any atom is -0.497 e. The number of ether oxygens (including phenoxy) is 1. The lowest BCUT2D eigenvalue weighted by Crippen LogP contribution is -2.48. The summed E-state index contributed by atoms with van der Waals surface area (Å²) < 4.78 is 5.10. The number of ketones is 1. The summed E-state index contributed by atoms with van der Waals surface area (Å²) in [5.41, 5.74) is 0.603. The zero-order chi connectivity index (χ0) is 20.9. The number of carbonyl (C=O) groups is 2. The predicted molar refractivity (Wildman–Crippen MR) is 119 cm³/mol. The van der Waals surface area contributed by atoms with Gasteiger partial charge in [-0.1, -0.05) is 17.4 Å². The predicted octanol–water partition coefficient (Wildman–Crippen LogP) is 3.59. The zero-order valence-electron chi connectivity index (χ0n) is 16.6. The molecule has 9 heteroatoms. The van der Waals surface area contributed by atoms with Crippen LogP contribution in [-0.4, -0.2) is 60.1 Å². The van der Waals surface area contributed by atoms with E-state index in [2.05, 4.69) is 15.1 Å². The van der Waals surface area contributed by atoms with Gasteiger partial charge in [-0.3, -0.25) is 9.59 Å². The van der Waals surface area contributed by atoms with Gasteiger partial charge in [0.25, 0.3) is 0 Å². The Balaban J connectivity index is 1.25. The van der Waals surface area contributed by atoms with Crippen LogP contribution in [-0.2, 0) is 4.79 Å². The van der Waals surface area contributed by atoms with Gasteiger partial charge < -0.3 is 14.5 Å². The molecule has 4 rings (SSSR count). The second-order valence-electron chi connectivity index (χ2n) is 6.89. The summed E-state index contributed by atoms with van der Waals surface area (Å²) in [6.45, 7) is 2.70. The van der Waals surface area contributed by atoms with Crippen molar-refractivity contribution in [3.63, 3.8) is 0 Å². The van der Waals surface area contributed by atoms with Gasteiger partial charge in [-0.15, -0.1) is 21.5 Å². The molecule has 3 heterocycles. The molecule has 1 saturated heterocycles. The molecule has 0 atom stereocenters. The summed E-state index contributed by atoms with van der Waals surface area (Å²) in [6.07, 6.45) is 0.443. The van der Waals surface area contributed by atoms with Crippen LogP contribution >= 0.6 is 22.7 Å². The maximum absolute atomic E-state index is 12.5. The van der Waals surface area contributed by atoms with Crippen LogP contribution in [0.15, 0.2) is 41.8 Å². The largest absolute Gasteiger partial charge is 0.497 e. The molecule has 0 spiro atoms. The van der Waals surface area contributed by atoms with E-state index in [4.69, 9.17) is 4.74 Å². The Morgan fingerprint density at radius 2 is 1.80 bits per heavy atom. The smallest absolute Gasteiger partial charge is 0.223 e. The molecule has 0 saturated carbocycles. The number of hydrogen-bond acceptors (Lipinski definition) is 8. The SMILES string of the molecule is COc1ccc(C(=O)CCC(=O)N2CCN(c3nnc(-c4cccs4)s3)CC2)cc1. The average molecular weight is 443 g/mol. The summed E-state index contributed by atoms with van der Waals surface area (Å²) in [7, 11) is 1.59. The molecule has 7 nitrogen and oxygen atoms in total. The van der Waals surface area contributed by atoms with Crippen LogP contribution in [0.5, 0.6) is 5.75 Å². The molecular formula is C21H22N4O3S2. The van der Waals surface area contributed by atoms with Crippen LogP contribution in [0.25, 0.3) is 9.88 Å². The number of thiophene rings is 1. The number of rotatable bonds is 7. The Bertz CT molecular complexity index is 994. The lowest BCUT2D eigenvalue weighted by atomic mass is 10.1. The van der Waals surface area contributed by atoms with Gasteiger partial charge >= 0.3 is 0 Å². The van der Waals surface area contributed by atoms with E-state index in [1.165, 1.54) is 0 Å². The van der Waals surface area contributed by atoms with E-state index in [-0.39, 0.29) is 24.5 Å². The normalized spacial score (nSPS) is 14.0. The number of hydrogen-bond donors (Lipinski definition) is 0. The molecule has 1 aliphatic heterocycles. The average Bonchev–Trinajstić information content (AvgIpc) is 3.49. The van der Waals surface area contributed by atoms with E-state index >= 15 is 0 Å². The fourth-order valence-corrected chi connectivity index (χ4v) is 4.98. The van der Waals surface area contributed by atoms with Gasteiger partial charge in [0.1, 0.15) is 5.75 Å². The number of methoxy groups -OCH3 is 1. The van der Waals surface area contributed by atoms with Crippen molar-refractivity contribution in [2.75, 3.05) is 38.2 Å². The number of nitrogens with zero attached hydrogens (tertiary/aromatic N) is 4. The molecule has 0 radical (unpaired) electrons. The minimum absolute atomic E-state index is 0.0213. The van der Waals surface area contributed by atoms with E-state index in [0.29, 0.717) is 24.4 Å². The van der Waals surface area contributed by atoms with Gasteiger partial charge in [-0.05, 0) is 35.7 Å². The van der Waals surface area contributed by atoms with E-state index in [0.717, 1.165) is 28.1 Å². The van der Waals surface area contributed by atoms with Crippen LogP contribution in [0.4, 0.5) is 5.13 Å². The lowest BCUT2D eigenvalue weighted by Gasteiger charge is -2.34. The molecule has 0 N–H and O–H groups in total. The first kappa shape index (κ1) is 20.5. The molecule has 0 bridgehead atoms.